The predicted molar refractivity (Wildman–Crippen MR) is 85.9 cm³/mol. The number of hydrogen-bond acceptors (Lipinski definition) is 6. The molecule has 0 atom stereocenters. The van der Waals surface area contributed by atoms with E-state index < -0.39 is 11.9 Å². The Kier molecular flexibility index (Phi) is 4.81. The summed E-state index contributed by atoms with van der Waals surface area (Å²) in [6.45, 7) is -0.179. The van der Waals surface area contributed by atoms with Gasteiger partial charge in [0, 0.05) is 11.1 Å². The van der Waals surface area contributed by atoms with E-state index in [0.717, 1.165) is 0 Å². The lowest BCUT2D eigenvalue weighted by molar-refractivity contribution is -0.143. The third-order valence-corrected chi connectivity index (χ3v) is 3.55. The van der Waals surface area contributed by atoms with Gasteiger partial charge in [-0.2, -0.15) is 5.26 Å². The molecule has 1 aliphatic heterocycles. The van der Waals surface area contributed by atoms with E-state index in [2.05, 4.69) is 5.32 Å². The van der Waals surface area contributed by atoms with Crippen LogP contribution in [0.3, 0.4) is 0 Å². The molecule has 1 heterocycles. The molecule has 0 saturated carbocycles. The van der Waals surface area contributed by atoms with Crippen LogP contribution < -0.4 is 14.8 Å². The SMILES string of the molecule is N#Cc1ccccc1COC(=O)CNC(=O)c1ccc2c(c1)OCO2. The van der Waals surface area contributed by atoms with Crippen LogP contribution in [0, 0.1) is 11.3 Å². The minimum absolute atomic E-state index is 0.0253. The molecule has 0 aliphatic carbocycles. The van der Waals surface area contributed by atoms with Crippen molar-refractivity contribution in [1.82, 2.24) is 5.32 Å². The van der Waals surface area contributed by atoms with Crippen LogP contribution in [0.25, 0.3) is 0 Å². The first-order valence-corrected chi connectivity index (χ1v) is 7.49. The van der Waals surface area contributed by atoms with Crippen LogP contribution in [0.5, 0.6) is 11.5 Å². The smallest absolute Gasteiger partial charge is 0.325 e. The molecule has 0 fully saturated rings. The number of amides is 1. The van der Waals surface area contributed by atoms with E-state index in [1.807, 2.05) is 6.07 Å². The van der Waals surface area contributed by atoms with E-state index in [1.54, 1.807) is 42.5 Å². The molecule has 126 valence electrons. The molecule has 0 spiro atoms. The molecule has 0 radical (unpaired) electrons. The highest BCUT2D eigenvalue weighted by atomic mass is 16.7. The summed E-state index contributed by atoms with van der Waals surface area (Å²) in [6, 6.07) is 13.6. The Balaban J connectivity index is 1.50. The average molecular weight is 338 g/mol. The monoisotopic (exact) mass is 338 g/mol. The van der Waals surface area contributed by atoms with Crippen molar-refractivity contribution in [1.29, 1.82) is 5.26 Å². The van der Waals surface area contributed by atoms with Gasteiger partial charge in [0.1, 0.15) is 13.2 Å². The van der Waals surface area contributed by atoms with Gasteiger partial charge in [-0.25, -0.2) is 0 Å². The zero-order valence-corrected chi connectivity index (χ0v) is 13.2. The molecule has 1 amide bonds. The number of carbonyl (C=O) groups excluding carboxylic acids is 2. The predicted octanol–water partition coefficient (Wildman–Crippen LogP) is 1.76. The van der Waals surface area contributed by atoms with Crippen molar-refractivity contribution in [2.45, 2.75) is 6.61 Å². The fraction of sp³-hybridized carbons (Fsp3) is 0.167. The highest BCUT2D eigenvalue weighted by Crippen LogP contribution is 2.32. The van der Waals surface area contributed by atoms with Crippen LogP contribution in [0.15, 0.2) is 42.5 Å². The summed E-state index contributed by atoms with van der Waals surface area (Å²) in [6.07, 6.45) is 0. The second-order valence-electron chi connectivity index (χ2n) is 5.18. The van der Waals surface area contributed by atoms with E-state index in [9.17, 15) is 9.59 Å². The van der Waals surface area contributed by atoms with Crippen molar-refractivity contribution in [2.24, 2.45) is 0 Å². The van der Waals surface area contributed by atoms with Crippen molar-refractivity contribution in [2.75, 3.05) is 13.3 Å². The number of rotatable bonds is 5. The van der Waals surface area contributed by atoms with Gasteiger partial charge in [-0.05, 0) is 24.3 Å². The van der Waals surface area contributed by atoms with Gasteiger partial charge in [0.05, 0.1) is 11.6 Å². The fourth-order valence-electron chi connectivity index (χ4n) is 2.26. The molecule has 1 N–H and O–H groups in total. The summed E-state index contributed by atoms with van der Waals surface area (Å²) in [5.74, 6) is 0.0463. The van der Waals surface area contributed by atoms with E-state index in [4.69, 9.17) is 19.5 Å². The van der Waals surface area contributed by atoms with Gasteiger partial charge >= 0.3 is 5.97 Å². The normalized spacial score (nSPS) is 11.5. The Morgan fingerprint density at radius 1 is 1.16 bits per heavy atom. The van der Waals surface area contributed by atoms with Gasteiger partial charge in [0.2, 0.25) is 6.79 Å². The zero-order valence-electron chi connectivity index (χ0n) is 13.2. The van der Waals surface area contributed by atoms with Gasteiger partial charge in [0.15, 0.2) is 11.5 Å². The van der Waals surface area contributed by atoms with Crippen molar-refractivity contribution in [3.63, 3.8) is 0 Å². The first-order chi connectivity index (χ1) is 12.2. The molecular weight excluding hydrogens is 324 g/mol. The zero-order chi connectivity index (χ0) is 17.6. The Morgan fingerprint density at radius 2 is 1.96 bits per heavy atom. The van der Waals surface area contributed by atoms with E-state index >= 15 is 0 Å². The first kappa shape index (κ1) is 16.3. The largest absolute Gasteiger partial charge is 0.459 e. The summed E-state index contributed by atoms with van der Waals surface area (Å²) in [7, 11) is 0. The lowest BCUT2D eigenvalue weighted by Gasteiger charge is -2.08. The number of nitriles is 1. The number of fused-ring (bicyclic) bond motifs is 1. The number of nitrogens with zero attached hydrogens (tertiary/aromatic N) is 1. The number of esters is 1. The third kappa shape index (κ3) is 3.87. The van der Waals surface area contributed by atoms with Gasteiger partial charge < -0.3 is 19.5 Å². The van der Waals surface area contributed by atoms with E-state index in [1.165, 1.54) is 0 Å². The molecule has 1 aliphatic rings. The molecule has 3 rings (SSSR count). The molecule has 25 heavy (non-hydrogen) atoms. The topological polar surface area (TPSA) is 97.7 Å². The molecule has 0 bridgehead atoms. The Bertz CT molecular complexity index is 857. The number of nitrogens with one attached hydrogen (secondary N) is 1. The summed E-state index contributed by atoms with van der Waals surface area (Å²) in [5, 5.41) is 11.5. The maximum Gasteiger partial charge on any atom is 0.325 e. The van der Waals surface area contributed by atoms with Gasteiger partial charge in [-0.15, -0.1) is 0 Å². The minimum Gasteiger partial charge on any atom is -0.459 e. The van der Waals surface area contributed by atoms with Crippen LogP contribution in [-0.4, -0.2) is 25.2 Å². The van der Waals surface area contributed by atoms with Crippen molar-refractivity contribution < 1.29 is 23.8 Å². The van der Waals surface area contributed by atoms with Gasteiger partial charge in [-0.1, -0.05) is 18.2 Å². The molecule has 2 aromatic carbocycles. The number of benzene rings is 2. The summed E-state index contributed by atoms with van der Waals surface area (Å²) < 4.78 is 15.5. The van der Waals surface area contributed by atoms with Crippen molar-refractivity contribution >= 4 is 11.9 Å². The number of ether oxygens (including phenoxy) is 3. The molecule has 7 heteroatoms. The second kappa shape index (κ2) is 7.36. The minimum atomic E-state index is -0.596. The maximum absolute atomic E-state index is 12.1. The Hall–Kier alpha value is -3.53. The van der Waals surface area contributed by atoms with Crippen LogP contribution in [0.2, 0.25) is 0 Å². The quantitative estimate of drug-likeness (QED) is 0.834. The standard InChI is InChI=1S/C18H14N2O5/c19-8-13-3-1-2-4-14(13)10-23-17(21)9-20-18(22)12-5-6-15-16(7-12)25-11-24-15/h1-7H,9-11H2,(H,20,22). The molecule has 0 unspecified atom stereocenters. The summed E-state index contributed by atoms with van der Waals surface area (Å²) in [5.41, 5.74) is 1.41. The fourth-order valence-corrected chi connectivity index (χ4v) is 2.26. The highest BCUT2D eigenvalue weighted by Gasteiger charge is 2.16. The van der Waals surface area contributed by atoms with Crippen LogP contribution in [-0.2, 0) is 16.1 Å². The Morgan fingerprint density at radius 3 is 2.80 bits per heavy atom. The third-order valence-electron chi connectivity index (χ3n) is 3.55. The summed E-state index contributed by atoms with van der Waals surface area (Å²) in [4.78, 5) is 23.8. The summed E-state index contributed by atoms with van der Waals surface area (Å²) >= 11 is 0. The second-order valence-corrected chi connectivity index (χ2v) is 5.18. The highest BCUT2D eigenvalue weighted by molar-refractivity contribution is 5.96. The van der Waals surface area contributed by atoms with Crippen molar-refractivity contribution in [3.05, 3.63) is 59.2 Å². The lowest BCUT2D eigenvalue weighted by atomic mass is 10.1. The van der Waals surface area contributed by atoms with Crippen LogP contribution in [0.4, 0.5) is 0 Å². The number of carbonyl (C=O) groups is 2. The van der Waals surface area contributed by atoms with Gasteiger partial charge in [-0.3, -0.25) is 9.59 Å². The molecule has 0 aromatic heterocycles. The molecule has 0 saturated heterocycles. The van der Waals surface area contributed by atoms with Crippen molar-refractivity contribution in [3.8, 4) is 17.6 Å². The van der Waals surface area contributed by atoms with Gasteiger partial charge in [0.25, 0.3) is 5.91 Å². The molecular formula is C18H14N2O5. The molecule has 2 aromatic rings. The number of hydrogen-bond donors (Lipinski definition) is 1. The van der Waals surface area contributed by atoms with Crippen LogP contribution >= 0.6 is 0 Å². The lowest BCUT2D eigenvalue weighted by Crippen LogP contribution is -2.30. The first-order valence-electron chi connectivity index (χ1n) is 7.49. The average Bonchev–Trinajstić information content (AvgIpc) is 3.12. The van der Waals surface area contributed by atoms with Crippen LogP contribution in [0.1, 0.15) is 21.5 Å². The Labute approximate surface area is 143 Å². The maximum atomic E-state index is 12.1. The van der Waals surface area contributed by atoms with E-state index in [0.29, 0.717) is 28.2 Å². The van der Waals surface area contributed by atoms with E-state index in [-0.39, 0.29) is 19.9 Å². The molecule has 7 nitrogen and oxygen atoms in total.